The van der Waals surface area contributed by atoms with Gasteiger partial charge in [0.1, 0.15) is 5.75 Å². The molecule has 6 nitrogen and oxygen atoms in total. The Kier molecular flexibility index (Phi) is 3.84. The normalized spacial score (nSPS) is 10.9. The van der Waals surface area contributed by atoms with Crippen LogP contribution >= 0.6 is 0 Å². The lowest BCUT2D eigenvalue weighted by Gasteiger charge is -2.01. The summed E-state index contributed by atoms with van der Waals surface area (Å²) in [4.78, 5) is 11.8. The molecule has 0 aliphatic carbocycles. The molecule has 0 saturated carbocycles. The number of hydrogen-bond donors (Lipinski definition) is 2. The fourth-order valence-corrected chi connectivity index (χ4v) is 1.86. The van der Waals surface area contributed by atoms with Gasteiger partial charge in [0.15, 0.2) is 0 Å². The lowest BCUT2D eigenvalue weighted by atomic mass is 10.2. The first-order valence-electron chi connectivity index (χ1n) is 6.12. The molecule has 6 heteroatoms. The van der Waals surface area contributed by atoms with E-state index in [2.05, 4.69) is 15.6 Å². The number of carbonyl (C=O) groups excluding carboxylic acids is 1. The minimum atomic E-state index is -0.460. The summed E-state index contributed by atoms with van der Waals surface area (Å²) in [7, 11) is 1.85. The van der Waals surface area contributed by atoms with E-state index in [1.165, 1.54) is 12.1 Å². The number of phenols is 1. The summed E-state index contributed by atoms with van der Waals surface area (Å²) in [5.41, 5.74) is 5.24. The Bertz CT molecular complexity index is 674. The summed E-state index contributed by atoms with van der Waals surface area (Å²) in [5, 5.41) is 17.7. The number of hydrazone groups is 1. The van der Waals surface area contributed by atoms with Gasteiger partial charge in [-0.3, -0.25) is 9.48 Å². The van der Waals surface area contributed by atoms with Crippen LogP contribution in [0.2, 0.25) is 0 Å². The highest BCUT2D eigenvalue weighted by molar-refractivity contribution is 5.97. The smallest absolute Gasteiger partial charge is 0.275 e. The van der Waals surface area contributed by atoms with Crippen LogP contribution in [0.3, 0.4) is 0 Å². The van der Waals surface area contributed by atoms with E-state index in [1.54, 1.807) is 23.0 Å². The van der Waals surface area contributed by atoms with Crippen molar-refractivity contribution in [1.82, 2.24) is 15.2 Å². The Morgan fingerprint density at radius 3 is 2.70 bits per heavy atom. The number of hydrogen-bond acceptors (Lipinski definition) is 4. The molecule has 1 aromatic carbocycles. The molecule has 0 spiro atoms. The first kappa shape index (κ1) is 13.8. The van der Waals surface area contributed by atoms with Crippen LogP contribution in [0.4, 0.5) is 0 Å². The molecular weight excluding hydrogens is 256 g/mol. The quantitative estimate of drug-likeness (QED) is 0.656. The third-order valence-corrected chi connectivity index (χ3v) is 3.07. The van der Waals surface area contributed by atoms with Crippen LogP contribution in [-0.4, -0.2) is 27.0 Å². The Morgan fingerprint density at radius 1 is 1.40 bits per heavy atom. The number of aromatic hydroxyl groups is 1. The van der Waals surface area contributed by atoms with Gasteiger partial charge < -0.3 is 5.11 Å². The van der Waals surface area contributed by atoms with Crippen molar-refractivity contribution < 1.29 is 9.90 Å². The molecule has 0 saturated heterocycles. The average Bonchev–Trinajstić information content (AvgIpc) is 2.65. The van der Waals surface area contributed by atoms with Crippen LogP contribution in [0.5, 0.6) is 5.75 Å². The number of amides is 1. The third-order valence-electron chi connectivity index (χ3n) is 3.07. The van der Waals surface area contributed by atoms with E-state index in [1.807, 2.05) is 20.9 Å². The summed E-state index contributed by atoms with van der Waals surface area (Å²) >= 11 is 0. The van der Waals surface area contributed by atoms with E-state index in [-0.39, 0.29) is 11.3 Å². The van der Waals surface area contributed by atoms with Gasteiger partial charge in [-0.15, -0.1) is 0 Å². The molecule has 104 valence electrons. The van der Waals surface area contributed by atoms with Crippen molar-refractivity contribution in [1.29, 1.82) is 0 Å². The van der Waals surface area contributed by atoms with Crippen molar-refractivity contribution in [2.75, 3.05) is 0 Å². The first-order chi connectivity index (χ1) is 9.50. The predicted molar refractivity (Wildman–Crippen MR) is 75.8 cm³/mol. The molecule has 1 heterocycles. The molecule has 0 unspecified atom stereocenters. The monoisotopic (exact) mass is 272 g/mol. The van der Waals surface area contributed by atoms with Crippen molar-refractivity contribution in [2.24, 2.45) is 12.1 Å². The molecular formula is C14H16N4O2. The molecule has 2 aromatic rings. The largest absolute Gasteiger partial charge is 0.507 e. The van der Waals surface area contributed by atoms with E-state index in [4.69, 9.17) is 0 Å². The van der Waals surface area contributed by atoms with Crippen molar-refractivity contribution >= 4 is 12.1 Å². The zero-order valence-electron chi connectivity index (χ0n) is 11.6. The SMILES string of the molecule is Cc1nn(C)c(C)c1/C=N/NC(=O)c1ccccc1O. The number of benzene rings is 1. The van der Waals surface area contributed by atoms with Gasteiger partial charge in [-0.25, -0.2) is 5.43 Å². The van der Waals surface area contributed by atoms with Gasteiger partial charge in [-0.05, 0) is 26.0 Å². The molecule has 0 radical (unpaired) electrons. The van der Waals surface area contributed by atoms with Crippen molar-refractivity contribution in [3.05, 3.63) is 46.8 Å². The molecule has 2 N–H and O–H groups in total. The van der Waals surface area contributed by atoms with Gasteiger partial charge in [0.05, 0.1) is 17.5 Å². The summed E-state index contributed by atoms with van der Waals surface area (Å²) in [6.07, 6.45) is 1.55. The minimum Gasteiger partial charge on any atom is -0.507 e. The fraction of sp³-hybridized carbons (Fsp3) is 0.214. The van der Waals surface area contributed by atoms with Crippen molar-refractivity contribution in [3.8, 4) is 5.75 Å². The number of phenolic OH excluding ortho intramolecular Hbond substituents is 1. The van der Waals surface area contributed by atoms with E-state index in [0.717, 1.165) is 17.0 Å². The van der Waals surface area contributed by atoms with Gasteiger partial charge in [-0.1, -0.05) is 12.1 Å². The lowest BCUT2D eigenvalue weighted by molar-refractivity contribution is 0.0952. The number of carbonyl (C=O) groups is 1. The highest BCUT2D eigenvalue weighted by atomic mass is 16.3. The average molecular weight is 272 g/mol. The van der Waals surface area contributed by atoms with Crippen LogP contribution in [0, 0.1) is 13.8 Å². The van der Waals surface area contributed by atoms with E-state index in [0.29, 0.717) is 0 Å². The molecule has 1 aromatic heterocycles. The lowest BCUT2D eigenvalue weighted by Crippen LogP contribution is -2.17. The van der Waals surface area contributed by atoms with Gasteiger partial charge in [0, 0.05) is 18.3 Å². The second-order valence-electron chi connectivity index (χ2n) is 4.42. The number of nitrogens with one attached hydrogen (secondary N) is 1. The standard InChI is InChI=1S/C14H16N4O2/c1-9-12(10(2)18(3)17-9)8-15-16-14(20)11-6-4-5-7-13(11)19/h4-8,19H,1-3H3,(H,16,20)/b15-8+. The van der Waals surface area contributed by atoms with Crippen molar-refractivity contribution in [3.63, 3.8) is 0 Å². The predicted octanol–water partition coefficient (Wildman–Crippen LogP) is 1.51. The maximum Gasteiger partial charge on any atom is 0.275 e. The first-order valence-corrected chi connectivity index (χ1v) is 6.12. The number of aryl methyl sites for hydroxylation is 2. The van der Waals surface area contributed by atoms with Crippen LogP contribution < -0.4 is 5.43 Å². The summed E-state index contributed by atoms with van der Waals surface area (Å²) in [6.45, 7) is 3.80. The molecule has 1 amide bonds. The summed E-state index contributed by atoms with van der Waals surface area (Å²) < 4.78 is 1.75. The zero-order chi connectivity index (χ0) is 14.7. The van der Waals surface area contributed by atoms with Crippen LogP contribution in [0.15, 0.2) is 29.4 Å². The summed E-state index contributed by atoms with van der Waals surface area (Å²) in [6, 6.07) is 6.31. The van der Waals surface area contributed by atoms with Crippen LogP contribution in [0.1, 0.15) is 27.3 Å². The Labute approximate surface area is 116 Å². The maximum atomic E-state index is 11.8. The molecule has 2 rings (SSSR count). The third kappa shape index (κ3) is 2.69. The Hall–Kier alpha value is -2.63. The topological polar surface area (TPSA) is 79.5 Å². The van der Waals surface area contributed by atoms with Crippen LogP contribution in [-0.2, 0) is 7.05 Å². The zero-order valence-corrected chi connectivity index (χ0v) is 11.6. The molecule has 20 heavy (non-hydrogen) atoms. The minimum absolute atomic E-state index is 0.0751. The van der Waals surface area contributed by atoms with Gasteiger partial charge in [0.2, 0.25) is 0 Å². The second kappa shape index (κ2) is 5.56. The Balaban J connectivity index is 2.11. The number of nitrogens with zero attached hydrogens (tertiary/aromatic N) is 3. The maximum absolute atomic E-state index is 11.8. The molecule has 0 aliphatic heterocycles. The van der Waals surface area contributed by atoms with E-state index < -0.39 is 5.91 Å². The molecule has 0 bridgehead atoms. The molecule has 0 atom stereocenters. The van der Waals surface area contributed by atoms with E-state index >= 15 is 0 Å². The van der Waals surface area contributed by atoms with Gasteiger partial charge >= 0.3 is 0 Å². The van der Waals surface area contributed by atoms with Gasteiger partial charge in [-0.2, -0.15) is 10.2 Å². The number of para-hydroxylation sites is 1. The van der Waals surface area contributed by atoms with Crippen LogP contribution in [0.25, 0.3) is 0 Å². The Morgan fingerprint density at radius 2 is 2.10 bits per heavy atom. The molecule has 0 aliphatic rings. The highest BCUT2D eigenvalue weighted by Crippen LogP contribution is 2.15. The number of aromatic nitrogens is 2. The van der Waals surface area contributed by atoms with E-state index in [9.17, 15) is 9.90 Å². The fourth-order valence-electron chi connectivity index (χ4n) is 1.86. The summed E-state index contributed by atoms with van der Waals surface area (Å²) in [5.74, 6) is -0.535. The highest BCUT2D eigenvalue weighted by Gasteiger charge is 2.09. The second-order valence-corrected chi connectivity index (χ2v) is 4.42. The van der Waals surface area contributed by atoms with Gasteiger partial charge in [0.25, 0.3) is 5.91 Å². The molecule has 0 fully saturated rings. The number of rotatable bonds is 3. The van der Waals surface area contributed by atoms with Crippen molar-refractivity contribution in [2.45, 2.75) is 13.8 Å².